The molecule has 162 valence electrons. The third-order valence-corrected chi connectivity index (χ3v) is 4.39. The minimum Gasteiger partial charge on any atom is -0.451 e. The van der Waals surface area contributed by atoms with Gasteiger partial charge in [0.05, 0.1) is 6.61 Å². The molecule has 10 heteroatoms. The first-order valence-electron chi connectivity index (χ1n) is 9.56. The number of hydrogen-bond acceptors (Lipinski definition) is 6. The van der Waals surface area contributed by atoms with Gasteiger partial charge in [0, 0.05) is 18.9 Å². The van der Waals surface area contributed by atoms with E-state index >= 15 is 0 Å². The first-order chi connectivity index (χ1) is 14.3. The van der Waals surface area contributed by atoms with E-state index in [1.165, 1.54) is 6.92 Å². The summed E-state index contributed by atoms with van der Waals surface area (Å²) in [5, 5.41) is 17.5. The summed E-state index contributed by atoms with van der Waals surface area (Å²) in [6.07, 6.45) is 1.34. The lowest BCUT2D eigenvalue weighted by Crippen LogP contribution is -2.53. The number of amides is 4. The molecule has 0 radical (unpaired) electrons. The smallest absolute Gasteiger partial charge is 0.287 e. The number of unbranched alkanes of at least 4 members (excludes halogenated alkanes) is 1. The highest BCUT2D eigenvalue weighted by atomic mass is 16.3. The molecule has 0 saturated carbocycles. The average molecular weight is 418 g/mol. The van der Waals surface area contributed by atoms with Crippen molar-refractivity contribution in [3.05, 3.63) is 36.1 Å². The summed E-state index contributed by atoms with van der Waals surface area (Å²) in [6, 6.07) is 6.85. The van der Waals surface area contributed by atoms with Gasteiger partial charge in [0.2, 0.25) is 17.7 Å². The molecule has 4 amide bonds. The van der Waals surface area contributed by atoms with E-state index in [4.69, 9.17) is 15.3 Å². The third-order valence-electron chi connectivity index (χ3n) is 4.39. The lowest BCUT2D eigenvalue weighted by molar-refractivity contribution is -0.131. The number of primary amides is 1. The van der Waals surface area contributed by atoms with Crippen molar-refractivity contribution in [2.75, 3.05) is 13.2 Å². The van der Waals surface area contributed by atoms with Crippen LogP contribution < -0.4 is 21.7 Å². The first-order valence-corrected chi connectivity index (χ1v) is 9.56. The minimum absolute atomic E-state index is 0.216. The molecule has 2 atom stereocenters. The summed E-state index contributed by atoms with van der Waals surface area (Å²) in [6.45, 7) is 0.984. The van der Waals surface area contributed by atoms with E-state index in [-0.39, 0.29) is 18.1 Å². The number of rotatable bonds is 11. The van der Waals surface area contributed by atoms with Gasteiger partial charge in [-0.25, -0.2) is 0 Å². The van der Waals surface area contributed by atoms with E-state index in [9.17, 15) is 19.2 Å². The molecule has 0 spiro atoms. The number of carbonyl (C=O) groups excluding carboxylic acids is 4. The van der Waals surface area contributed by atoms with Gasteiger partial charge < -0.3 is 31.2 Å². The summed E-state index contributed by atoms with van der Waals surface area (Å²) in [5.41, 5.74) is 5.72. The number of fused-ring (bicyclic) bond motifs is 1. The predicted molar refractivity (Wildman–Crippen MR) is 108 cm³/mol. The van der Waals surface area contributed by atoms with Crippen molar-refractivity contribution in [3.8, 4) is 0 Å². The molecule has 1 aromatic carbocycles. The standard InChI is InChI=1S/C20H26N4O6/c1-12(26)23-14(19(28)24-15(11-25)18(21)27)7-4-5-9-22-20(29)17-10-13-6-2-3-8-16(13)30-17/h2-3,6,8,10,14-15,25H,4-5,7,9,11H2,1H3,(H2,21,27)(H,22,29)(H,23,26)(H,24,28)/t14-,15-/m0/s1. The van der Waals surface area contributed by atoms with Gasteiger partial charge in [-0.1, -0.05) is 18.2 Å². The molecule has 1 heterocycles. The molecule has 6 N–H and O–H groups in total. The van der Waals surface area contributed by atoms with Crippen molar-refractivity contribution in [2.45, 2.75) is 38.3 Å². The maximum Gasteiger partial charge on any atom is 0.287 e. The van der Waals surface area contributed by atoms with E-state index < -0.39 is 36.4 Å². The summed E-state index contributed by atoms with van der Waals surface area (Å²) >= 11 is 0. The zero-order chi connectivity index (χ0) is 22.1. The molecule has 0 saturated heterocycles. The normalized spacial score (nSPS) is 12.7. The second-order valence-corrected chi connectivity index (χ2v) is 6.80. The number of furan rings is 1. The summed E-state index contributed by atoms with van der Waals surface area (Å²) in [7, 11) is 0. The van der Waals surface area contributed by atoms with Crippen LogP contribution in [0.5, 0.6) is 0 Å². The van der Waals surface area contributed by atoms with Gasteiger partial charge in [0.25, 0.3) is 5.91 Å². The van der Waals surface area contributed by atoms with E-state index in [2.05, 4.69) is 16.0 Å². The Morgan fingerprint density at radius 3 is 2.47 bits per heavy atom. The predicted octanol–water partition coefficient (Wildman–Crippen LogP) is -0.200. The van der Waals surface area contributed by atoms with Crippen LogP contribution in [-0.4, -0.2) is 54.0 Å². The fraction of sp³-hybridized carbons (Fsp3) is 0.400. The largest absolute Gasteiger partial charge is 0.451 e. The second kappa shape index (κ2) is 11.0. The highest BCUT2D eigenvalue weighted by Crippen LogP contribution is 2.18. The maximum absolute atomic E-state index is 12.3. The molecule has 10 nitrogen and oxygen atoms in total. The molecule has 2 rings (SSSR count). The van der Waals surface area contributed by atoms with Crippen LogP contribution in [0.15, 0.2) is 34.7 Å². The quantitative estimate of drug-likeness (QED) is 0.317. The number of aliphatic hydroxyl groups excluding tert-OH is 1. The Morgan fingerprint density at radius 1 is 1.10 bits per heavy atom. The molecule has 0 aliphatic rings. The van der Waals surface area contributed by atoms with Gasteiger partial charge in [0.15, 0.2) is 5.76 Å². The zero-order valence-electron chi connectivity index (χ0n) is 16.6. The molecule has 0 bridgehead atoms. The Labute approximate surface area is 173 Å². The van der Waals surface area contributed by atoms with Crippen molar-refractivity contribution in [1.82, 2.24) is 16.0 Å². The summed E-state index contributed by atoms with van der Waals surface area (Å²) in [4.78, 5) is 47.0. The summed E-state index contributed by atoms with van der Waals surface area (Å²) in [5.74, 6) is -2.02. The number of carbonyl (C=O) groups is 4. The highest BCUT2D eigenvalue weighted by molar-refractivity contribution is 5.96. The number of hydrogen-bond donors (Lipinski definition) is 5. The van der Waals surface area contributed by atoms with Gasteiger partial charge >= 0.3 is 0 Å². The Bertz CT molecular complexity index is 877. The lowest BCUT2D eigenvalue weighted by atomic mass is 10.1. The van der Waals surface area contributed by atoms with Crippen LogP contribution in [0.2, 0.25) is 0 Å². The Balaban J connectivity index is 1.79. The van der Waals surface area contributed by atoms with E-state index in [0.29, 0.717) is 25.0 Å². The average Bonchev–Trinajstić information content (AvgIpc) is 3.14. The third kappa shape index (κ3) is 6.59. The van der Waals surface area contributed by atoms with Gasteiger partial charge in [-0.3, -0.25) is 19.2 Å². The molecule has 0 aliphatic carbocycles. The number of aliphatic hydroxyl groups is 1. The Hall–Kier alpha value is -3.40. The lowest BCUT2D eigenvalue weighted by Gasteiger charge is -2.20. The van der Waals surface area contributed by atoms with Crippen molar-refractivity contribution in [3.63, 3.8) is 0 Å². The zero-order valence-corrected chi connectivity index (χ0v) is 16.6. The van der Waals surface area contributed by atoms with Gasteiger partial charge in [-0.2, -0.15) is 0 Å². The summed E-state index contributed by atoms with van der Waals surface area (Å²) < 4.78 is 5.50. The topological polar surface area (TPSA) is 164 Å². The van der Waals surface area contributed by atoms with Crippen LogP contribution in [0.25, 0.3) is 11.0 Å². The molecule has 30 heavy (non-hydrogen) atoms. The molecule has 0 fully saturated rings. The van der Waals surface area contributed by atoms with Crippen LogP contribution in [0.3, 0.4) is 0 Å². The van der Waals surface area contributed by atoms with Crippen LogP contribution in [0, 0.1) is 0 Å². The van der Waals surface area contributed by atoms with Crippen molar-refractivity contribution >= 4 is 34.6 Å². The van der Waals surface area contributed by atoms with Crippen molar-refractivity contribution < 1.29 is 28.7 Å². The SMILES string of the molecule is CC(=O)N[C@@H](CCCCNC(=O)c1cc2ccccc2o1)C(=O)N[C@@H](CO)C(N)=O. The van der Waals surface area contributed by atoms with E-state index in [1.807, 2.05) is 18.2 Å². The molecular formula is C20H26N4O6. The number of nitrogens with two attached hydrogens (primary N) is 1. The number of benzene rings is 1. The molecule has 1 aromatic heterocycles. The minimum atomic E-state index is -1.23. The van der Waals surface area contributed by atoms with Gasteiger partial charge in [-0.15, -0.1) is 0 Å². The molecule has 0 aliphatic heterocycles. The van der Waals surface area contributed by atoms with Crippen LogP contribution in [-0.2, 0) is 14.4 Å². The molecule has 0 unspecified atom stereocenters. The van der Waals surface area contributed by atoms with Gasteiger partial charge in [-0.05, 0) is 31.4 Å². The fourth-order valence-corrected chi connectivity index (χ4v) is 2.85. The van der Waals surface area contributed by atoms with Gasteiger partial charge in [0.1, 0.15) is 17.7 Å². The van der Waals surface area contributed by atoms with Crippen LogP contribution >= 0.6 is 0 Å². The fourth-order valence-electron chi connectivity index (χ4n) is 2.85. The molecular weight excluding hydrogens is 392 g/mol. The van der Waals surface area contributed by atoms with Crippen molar-refractivity contribution in [1.29, 1.82) is 0 Å². The van der Waals surface area contributed by atoms with Crippen molar-refractivity contribution in [2.24, 2.45) is 5.73 Å². The first kappa shape index (κ1) is 22.9. The number of para-hydroxylation sites is 1. The van der Waals surface area contributed by atoms with Crippen LogP contribution in [0.1, 0.15) is 36.7 Å². The van der Waals surface area contributed by atoms with Crippen LogP contribution in [0.4, 0.5) is 0 Å². The monoisotopic (exact) mass is 418 g/mol. The Morgan fingerprint density at radius 2 is 1.83 bits per heavy atom. The Kier molecular flexibility index (Phi) is 8.36. The highest BCUT2D eigenvalue weighted by Gasteiger charge is 2.24. The maximum atomic E-state index is 12.3. The van der Waals surface area contributed by atoms with E-state index in [1.54, 1.807) is 12.1 Å². The molecule has 2 aromatic rings. The second-order valence-electron chi connectivity index (χ2n) is 6.80. The number of nitrogens with one attached hydrogen (secondary N) is 3. The van der Waals surface area contributed by atoms with E-state index in [0.717, 1.165) is 5.39 Å².